The van der Waals surface area contributed by atoms with E-state index in [9.17, 15) is 36.0 Å². The Morgan fingerprint density at radius 3 is 1.23 bits per heavy atom. The molecule has 0 bridgehead atoms. The van der Waals surface area contributed by atoms with Crippen LogP contribution in [0.25, 0.3) is 12.2 Å². The number of unbranched alkanes of at least 4 members (excludes halogenated alkanes) is 10. The highest BCUT2D eigenvalue weighted by molar-refractivity contribution is 7.92. The lowest BCUT2D eigenvalue weighted by Gasteiger charge is -2.39. The van der Waals surface area contributed by atoms with Crippen molar-refractivity contribution < 1.29 is 50.6 Å². The van der Waals surface area contributed by atoms with Gasteiger partial charge in [-0.2, -0.15) is 8.61 Å². The van der Waals surface area contributed by atoms with Crippen molar-refractivity contribution >= 4 is 67.3 Å². The molecular formula is C60H98N8O11S2. The lowest BCUT2D eigenvalue weighted by atomic mass is 9.83. The number of carboxylic acid groups (broad SMARTS) is 1. The van der Waals surface area contributed by atoms with Crippen LogP contribution in [0, 0.1) is 38.5 Å². The molecule has 0 aromatic heterocycles. The number of carboxylic acids is 1. The van der Waals surface area contributed by atoms with Gasteiger partial charge in [-0.25, -0.2) is 16.8 Å². The van der Waals surface area contributed by atoms with Crippen LogP contribution in [0.4, 0.5) is 11.4 Å². The fourth-order valence-electron chi connectivity index (χ4n) is 10.8. The maximum absolute atomic E-state index is 13.1. The van der Waals surface area contributed by atoms with Crippen LogP contribution in [0.15, 0.2) is 35.1 Å². The van der Waals surface area contributed by atoms with E-state index in [1.54, 1.807) is 12.2 Å². The summed E-state index contributed by atoms with van der Waals surface area (Å²) in [6.07, 6.45) is 20.4. The van der Waals surface area contributed by atoms with E-state index >= 15 is 0 Å². The quantitative estimate of drug-likeness (QED) is 0.0377. The number of carbonyl (C=O) groups is 4. The molecule has 0 aliphatic carbocycles. The van der Waals surface area contributed by atoms with Gasteiger partial charge in [-0.15, -0.1) is 0 Å². The van der Waals surface area contributed by atoms with Gasteiger partial charge in [0.15, 0.2) is 0 Å². The van der Waals surface area contributed by atoms with Gasteiger partial charge in [0, 0.05) is 86.1 Å². The summed E-state index contributed by atoms with van der Waals surface area (Å²) in [5.41, 5.74) is 23.0. The minimum absolute atomic E-state index is 0.109. The van der Waals surface area contributed by atoms with Gasteiger partial charge in [0.1, 0.15) is 5.54 Å². The number of ether oxygens (including phenoxy) is 2. The number of piperidine rings is 2. The molecule has 2 aromatic carbocycles. The van der Waals surface area contributed by atoms with Crippen LogP contribution < -0.4 is 33.2 Å². The number of nitrogens with one attached hydrogen (secondary N) is 3. The maximum atomic E-state index is 13.1. The first-order valence-electron chi connectivity index (χ1n) is 29.1. The summed E-state index contributed by atoms with van der Waals surface area (Å²) in [6.45, 7) is 16.6. The summed E-state index contributed by atoms with van der Waals surface area (Å²) in [5, 5.41) is 19.9. The minimum Gasteiger partial charge on any atom is -0.481 e. The average molecular weight is 1170 g/mol. The lowest BCUT2D eigenvalue weighted by molar-refractivity contribution is -0.137. The molecule has 6 rings (SSSR count). The van der Waals surface area contributed by atoms with Crippen LogP contribution in [0.5, 0.6) is 0 Å². The molecule has 0 unspecified atom stereocenters. The zero-order valence-electron chi connectivity index (χ0n) is 49.9. The van der Waals surface area contributed by atoms with Gasteiger partial charge in [0.05, 0.1) is 32.0 Å². The SMILES string of the molecule is CC1(CCCCCCCCC(=O)O)COC1.CNc1cc(C)c(/C=C/S(=O)(=O)N2CCC(N)(C(N)=O)CC2)c(C)c1.CNc1cc(C)c(/C=C/S(=O)(=O)N2CCC(NC(=O)CCCCCCCCC3(C)COC3)(C(N)=O)CC2)c(C)c1. The molecule has 2 aromatic rings. The second-order valence-electron chi connectivity index (χ2n) is 23.8. The van der Waals surface area contributed by atoms with Crippen molar-refractivity contribution in [1.29, 1.82) is 0 Å². The third kappa shape index (κ3) is 21.7. The molecule has 0 saturated carbocycles. The van der Waals surface area contributed by atoms with E-state index in [-0.39, 0.29) is 57.8 Å². The maximum Gasteiger partial charge on any atom is 0.303 e. The largest absolute Gasteiger partial charge is 0.481 e. The van der Waals surface area contributed by atoms with E-state index in [2.05, 4.69) is 29.8 Å². The summed E-state index contributed by atoms with van der Waals surface area (Å²) in [5.74, 6) is -2.08. The molecule has 0 spiro atoms. The van der Waals surface area contributed by atoms with Crippen LogP contribution in [0.1, 0.15) is 176 Å². The average Bonchev–Trinajstić information content (AvgIpc) is 3.47. The standard InChI is InChI=1S/C30H48N4O5S.C17H26N4O3S.C13H24O3/c1-23-19-25(32-4)20-24(2)26(23)12-18-40(37,38)34-16-14-30(15-17-34,28(31)36)33-27(35)11-9-7-5-6-8-10-13-29(3)21-39-22-29;1-12-10-14(20-3)11-13(2)15(12)4-9-25(23,24)21-7-5-17(19,6-8-21)16(18)22;1-13(10-16-11-13)9-7-5-3-2-4-6-8-12(14)15/h12,18-20,32H,5-11,13-17,21-22H2,1-4H3,(H2,31,36)(H,33,35);4,9-11,20H,5-8,19H2,1-3H3,(H2,18,22);2-11H2,1H3,(H,14,15)/b18-12+;9-4+;. The predicted molar refractivity (Wildman–Crippen MR) is 324 cm³/mol. The van der Waals surface area contributed by atoms with Gasteiger partial charge in [-0.3, -0.25) is 19.2 Å². The zero-order valence-corrected chi connectivity index (χ0v) is 51.5. The molecule has 3 amide bonds. The summed E-state index contributed by atoms with van der Waals surface area (Å²) < 4.78 is 64.4. The minimum atomic E-state index is -3.70. The Balaban J connectivity index is 0.000000291. The molecule has 81 heavy (non-hydrogen) atoms. The van der Waals surface area contributed by atoms with Crippen molar-refractivity contribution in [2.45, 2.75) is 181 Å². The van der Waals surface area contributed by atoms with E-state index in [1.165, 1.54) is 70.8 Å². The fourth-order valence-corrected chi connectivity index (χ4v) is 13.1. The highest BCUT2D eigenvalue weighted by Crippen LogP contribution is 2.34. The summed E-state index contributed by atoms with van der Waals surface area (Å²) >= 11 is 0. The van der Waals surface area contributed by atoms with Crippen molar-refractivity contribution in [1.82, 2.24) is 13.9 Å². The van der Waals surface area contributed by atoms with Gasteiger partial charge in [0.25, 0.3) is 0 Å². The van der Waals surface area contributed by atoms with E-state index in [0.29, 0.717) is 23.7 Å². The number of amides is 3. The van der Waals surface area contributed by atoms with Crippen molar-refractivity contribution in [3.05, 3.63) is 68.5 Å². The number of anilines is 2. The number of rotatable bonds is 29. The van der Waals surface area contributed by atoms with Gasteiger partial charge >= 0.3 is 5.97 Å². The normalized spacial score (nSPS) is 18.5. The van der Waals surface area contributed by atoms with Crippen LogP contribution in [-0.2, 0) is 48.7 Å². The highest BCUT2D eigenvalue weighted by atomic mass is 32.2. The van der Waals surface area contributed by atoms with Crippen LogP contribution >= 0.6 is 0 Å². The number of aryl methyl sites for hydroxylation is 4. The first-order chi connectivity index (χ1) is 38.1. The van der Waals surface area contributed by atoms with Gasteiger partial charge in [-0.05, 0) is 149 Å². The molecule has 4 saturated heterocycles. The molecule has 456 valence electrons. The number of sulfonamides is 2. The number of aliphatic carboxylic acids is 1. The summed E-state index contributed by atoms with van der Waals surface area (Å²) in [7, 11) is -3.60. The van der Waals surface area contributed by atoms with Crippen molar-refractivity contribution in [2.24, 2.45) is 28.0 Å². The third-order valence-corrected chi connectivity index (χ3v) is 19.6. The number of hydrogen-bond acceptors (Lipinski definition) is 13. The second-order valence-corrected chi connectivity index (χ2v) is 27.4. The number of nitrogens with zero attached hydrogens (tertiary/aromatic N) is 2. The Morgan fingerprint density at radius 2 is 0.914 bits per heavy atom. The number of nitrogens with two attached hydrogens (primary N) is 3. The van der Waals surface area contributed by atoms with Gasteiger partial charge in [0.2, 0.25) is 37.8 Å². The molecule has 4 aliphatic heterocycles. The Kier molecular flexibility index (Phi) is 26.8. The van der Waals surface area contributed by atoms with E-state index in [4.69, 9.17) is 31.8 Å². The molecule has 0 radical (unpaired) electrons. The lowest BCUT2D eigenvalue weighted by Crippen LogP contribution is -2.62. The Hall–Kier alpha value is -4.90. The molecule has 0 atom stereocenters. The first kappa shape index (κ1) is 68.6. The van der Waals surface area contributed by atoms with E-state index < -0.39 is 48.9 Å². The Morgan fingerprint density at radius 1 is 0.568 bits per heavy atom. The Labute approximate surface area is 484 Å². The molecule has 21 heteroatoms. The number of hydrogen-bond donors (Lipinski definition) is 7. The second kappa shape index (κ2) is 31.7. The molecule has 4 aliphatic rings. The molecule has 4 fully saturated rings. The number of primary amides is 2. The Bertz CT molecular complexity index is 2640. The molecule has 10 N–H and O–H groups in total. The fraction of sp³-hybridized carbons (Fsp3) is 0.667. The monoisotopic (exact) mass is 1170 g/mol. The molecule has 4 heterocycles. The zero-order chi connectivity index (χ0) is 60.1. The van der Waals surface area contributed by atoms with Gasteiger partial charge < -0.3 is 47.7 Å². The summed E-state index contributed by atoms with van der Waals surface area (Å²) in [4.78, 5) is 46.7. The predicted octanol–water partition coefficient (Wildman–Crippen LogP) is 8.39. The van der Waals surface area contributed by atoms with E-state index in [0.717, 1.165) is 110 Å². The van der Waals surface area contributed by atoms with Crippen LogP contribution in [-0.4, -0.2) is 132 Å². The molecular weight excluding hydrogens is 1070 g/mol. The number of benzene rings is 2. The van der Waals surface area contributed by atoms with Crippen molar-refractivity contribution in [3.8, 4) is 0 Å². The van der Waals surface area contributed by atoms with Crippen molar-refractivity contribution in [2.75, 3.05) is 77.3 Å². The summed E-state index contributed by atoms with van der Waals surface area (Å²) in [6, 6.07) is 7.88. The first-order valence-corrected chi connectivity index (χ1v) is 32.1. The third-order valence-electron chi connectivity index (χ3n) is 16.5. The van der Waals surface area contributed by atoms with Crippen LogP contribution in [0.3, 0.4) is 0 Å². The smallest absolute Gasteiger partial charge is 0.303 e. The topological polar surface area (TPSA) is 296 Å². The van der Waals surface area contributed by atoms with Crippen molar-refractivity contribution in [3.63, 3.8) is 0 Å². The number of carbonyl (C=O) groups excluding carboxylic acids is 3. The van der Waals surface area contributed by atoms with E-state index in [1.807, 2.05) is 66.1 Å². The highest BCUT2D eigenvalue weighted by Gasteiger charge is 2.43. The van der Waals surface area contributed by atoms with Crippen LogP contribution in [0.2, 0.25) is 0 Å². The van der Waals surface area contributed by atoms with Gasteiger partial charge in [-0.1, -0.05) is 78.1 Å². The molecule has 19 nitrogen and oxygen atoms in total.